The minimum atomic E-state index is -0.0945. The normalized spacial score (nSPS) is 10.8. The molecule has 130 valence electrons. The van der Waals surface area contributed by atoms with E-state index in [1.165, 1.54) is 11.3 Å². The molecule has 0 spiro atoms. The van der Waals surface area contributed by atoms with E-state index < -0.39 is 0 Å². The third kappa shape index (κ3) is 3.76. The monoisotopic (exact) mass is 380 g/mol. The molecule has 4 nitrogen and oxygen atoms in total. The second kappa shape index (κ2) is 7.68. The molecule has 26 heavy (non-hydrogen) atoms. The molecule has 0 atom stereocenters. The summed E-state index contributed by atoms with van der Waals surface area (Å²) in [6, 6.07) is 15.7. The number of carbonyl (C=O) groups is 1. The van der Waals surface area contributed by atoms with Gasteiger partial charge in [0.05, 0.1) is 12.8 Å². The van der Waals surface area contributed by atoms with Crippen molar-refractivity contribution in [3.8, 4) is 10.6 Å². The molecule has 3 heterocycles. The molecule has 1 amide bonds. The van der Waals surface area contributed by atoms with Gasteiger partial charge in [-0.2, -0.15) is 11.3 Å². The minimum absolute atomic E-state index is 0.0945. The Balaban J connectivity index is 1.59. The van der Waals surface area contributed by atoms with E-state index in [2.05, 4.69) is 4.98 Å². The quantitative estimate of drug-likeness (QED) is 0.455. The molecule has 3 aromatic heterocycles. The number of aromatic nitrogens is 1. The van der Waals surface area contributed by atoms with Gasteiger partial charge in [0.1, 0.15) is 16.5 Å². The maximum atomic E-state index is 13.1. The van der Waals surface area contributed by atoms with E-state index in [0.717, 1.165) is 21.9 Å². The number of furan rings is 1. The van der Waals surface area contributed by atoms with Gasteiger partial charge in [-0.3, -0.25) is 4.79 Å². The fraction of sp³-hybridized carbons (Fsp3) is 0.100. The summed E-state index contributed by atoms with van der Waals surface area (Å²) in [7, 11) is 0. The Morgan fingerprint density at radius 1 is 1.04 bits per heavy atom. The van der Waals surface area contributed by atoms with Gasteiger partial charge in [0, 0.05) is 22.9 Å². The Labute approximate surface area is 159 Å². The molecule has 1 aromatic carbocycles. The van der Waals surface area contributed by atoms with E-state index in [-0.39, 0.29) is 5.91 Å². The van der Waals surface area contributed by atoms with Gasteiger partial charge in [-0.1, -0.05) is 30.3 Å². The summed E-state index contributed by atoms with van der Waals surface area (Å²) in [5.74, 6) is 0.658. The Morgan fingerprint density at radius 2 is 1.92 bits per heavy atom. The lowest BCUT2D eigenvalue weighted by Crippen LogP contribution is -2.30. The van der Waals surface area contributed by atoms with Crippen molar-refractivity contribution in [3.05, 3.63) is 88.0 Å². The Morgan fingerprint density at radius 3 is 2.65 bits per heavy atom. The zero-order chi connectivity index (χ0) is 17.8. The Kier molecular flexibility index (Phi) is 4.95. The molecule has 0 aliphatic rings. The number of thiophene rings is 1. The van der Waals surface area contributed by atoms with Gasteiger partial charge in [-0.15, -0.1) is 11.3 Å². The third-order valence-corrected chi connectivity index (χ3v) is 5.50. The van der Waals surface area contributed by atoms with Gasteiger partial charge in [0.25, 0.3) is 5.91 Å². The molecule has 0 radical (unpaired) electrons. The second-order valence-electron chi connectivity index (χ2n) is 5.78. The van der Waals surface area contributed by atoms with Crippen LogP contribution in [0.2, 0.25) is 0 Å². The van der Waals surface area contributed by atoms with Crippen molar-refractivity contribution in [2.24, 2.45) is 0 Å². The van der Waals surface area contributed by atoms with Crippen molar-refractivity contribution in [2.45, 2.75) is 13.1 Å². The van der Waals surface area contributed by atoms with Crippen LogP contribution in [0.4, 0.5) is 0 Å². The number of carbonyl (C=O) groups excluding carboxylic acids is 1. The standard InChI is InChI=1S/C20H16N2O2S2/c23-20(18-14-26-19(21-18)16-8-10-25-13-16)22(12-17-7-4-9-24-17)11-15-5-2-1-3-6-15/h1-10,13-14H,11-12H2. The van der Waals surface area contributed by atoms with Gasteiger partial charge >= 0.3 is 0 Å². The van der Waals surface area contributed by atoms with E-state index in [0.29, 0.717) is 18.8 Å². The van der Waals surface area contributed by atoms with Gasteiger partial charge in [0.15, 0.2) is 0 Å². The van der Waals surface area contributed by atoms with Crippen LogP contribution in [-0.2, 0) is 13.1 Å². The van der Waals surface area contributed by atoms with Gasteiger partial charge in [0.2, 0.25) is 0 Å². The van der Waals surface area contributed by atoms with Crippen molar-refractivity contribution in [1.29, 1.82) is 0 Å². The summed E-state index contributed by atoms with van der Waals surface area (Å²) in [6.07, 6.45) is 1.62. The van der Waals surface area contributed by atoms with E-state index in [1.54, 1.807) is 22.5 Å². The zero-order valence-electron chi connectivity index (χ0n) is 13.9. The highest BCUT2D eigenvalue weighted by Gasteiger charge is 2.21. The van der Waals surface area contributed by atoms with Gasteiger partial charge in [-0.25, -0.2) is 4.98 Å². The van der Waals surface area contributed by atoms with Gasteiger partial charge < -0.3 is 9.32 Å². The van der Waals surface area contributed by atoms with Crippen LogP contribution in [0.15, 0.2) is 75.4 Å². The van der Waals surface area contributed by atoms with E-state index >= 15 is 0 Å². The van der Waals surface area contributed by atoms with Gasteiger partial charge in [-0.05, 0) is 29.1 Å². The highest BCUT2D eigenvalue weighted by atomic mass is 32.1. The Hall–Kier alpha value is -2.70. The second-order valence-corrected chi connectivity index (χ2v) is 7.41. The molecule has 0 aliphatic heterocycles. The molecular formula is C20H16N2O2S2. The highest BCUT2D eigenvalue weighted by molar-refractivity contribution is 7.14. The summed E-state index contributed by atoms with van der Waals surface area (Å²) >= 11 is 3.11. The summed E-state index contributed by atoms with van der Waals surface area (Å²) in [5.41, 5.74) is 2.60. The van der Waals surface area contributed by atoms with Crippen LogP contribution >= 0.6 is 22.7 Å². The largest absolute Gasteiger partial charge is 0.467 e. The van der Waals surface area contributed by atoms with Crippen LogP contribution in [0, 0.1) is 0 Å². The van der Waals surface area contributed by atoms with Crippen molar-refractivity contribution in [2.75, 3.05) is 0 Å². The first-order valence-electron chi connectivity index (χ1n) is 8.13. The number of hydrogen-bond acceptors (Lipinski definition) is 5. The van der Waals surface area contributed by atoms with Crippen LogP contribution in [0.25, 0.3) is 10.6 Å². The molecule has 0 saturated heterocycles. The average Bonchev–Trinajstić information content (AvgIpc) is 3.42. The zero-order valence-corrected chi connectivity index (χ0v) is 15.5. The Bertz CT molecular complexity index is 961. The highest BCUT2D eigenvalue weighted by Crippen LogP contribution is 2.26. The molecule has 4 rings (SSSR count). The summed E-state index contributed by atoms with van der Waals surface area (Å²) in [5, 5.41) is 6.75. The molecule has 6 heteroatoms. The van der Waals surface area contributed by atoms with Crippen LogP contribution in [0.3, 0.4) is 0 Å². The van der Waals surface area contributed by atoms with E-state index in [9.17, 15) is 4.79 Å². The molecule has 0 unspecified atom stereocenters. The molecule has 0 aliphatic carbocycles. The first kappa shape index (κ1) is 16.8. The molecular weight excluding hydrogens is 364 g/mol. The first-order valence-corrected chi connectivity index (χ1v) is 9.95. The molecule has 0 fully saturated rings. The minimum Gasteiger partial charge on any atom is -0.467 e. The van der Waals surface area contributed by atoms with Crippen LogP contribution in [0.5, 0.6) is 0 Å². The predicted octanol–water partition coefficient (Wildman–Crippen LogP) is 5.31. The number of rotatable bonds is 6. The maximum absolute atomic E-state index is 13.1. The molecule has 0 bridgehead atoms. The lowest BCUT2D eigenvalue weighted by atomic mass is 10.2. The SMILES string of the molecule is O=C(c1csc(-c2ccsc2)n1)N(Cc1ccccc1)Cc1ccco1. The van der Waals surface area contributed by atoms with Crippen molar-refractivity contribution in [1.82, 2.24) is 9.88 Å². The summed E-state index contributed by atoms with van der Waals surface area (Å²) < 4.78 is 5.44. The van der Waals surface area contributed by atoms with Crippen LogP contribution in [-0.4, -0.2) is 15.8 Å². The maximum Gasteiger partial charge on any atom is 0.274 e. The molecule has 0 N–H and O–H groups in total. The van der Waals surface area contributed by atoms with Crippen molar-refractivity contribution >= 4 is 28.6 Å². The molecule has 0 saturated carbocycles. The number of thiazole rings is 1. The summed E-state index contributed by atoms with van der Waals surface area (Å²) in [6.45, 7) is 0.914. The third-order valence-electron chi connectivity index (χ3n) is 3.92. The fourth-order valence-electron chi connectivity index (χ4n) is 2.65. The smallest absolute Gasteiger partial charge is 0.274 e. The first-order chi connectivity index (χ1) is 12.8. The van der Waals surface area contributed by atoms with E-state index in [4.69, 9.17) is 4.42 Å². The molecule has 4 aromatic rings. The summed E-state index contributed by atoms with van der Waals surface area (Å²) in [4.78, 5) is 19.4. The number of hydrogen-bond donors (Lipinski definition) is 0. The fourth-order valence-corrected chi connectivity index (χ4v) is 4.15. The number of amides is 1. The van der Waals surface area contributed by atoms with Crippen LogP contribution < -0.4 is 0 Å². The average molecular weight is 380 g/mol. The van der Waals surface area contributed by atoms with Crippen LogP contribution in [0.1, 0.15) is 21.8 Å². The topological polar surface area (TPSA) is 46.3 Å². The number of nitrogens with zero attached hydrogens (tertiary/aromatic N) is 2. The lowest BCUT2D eigenvalue weighted by molar-refractivity contribution is 0.0712. The van der Waals surface area contributed by atoms with Crippen molar-refractivity contribution < 1.29 is 9.21 Å². The number of benzene rings is 1. The lowest BCUT2D eigenvalue weighted by Gasteiger charge is -2.21. The van der Waals surface area contributed by atoms with E-state index in [1.807, 2.05) is 64.7 Å². The van der Waals surface area contributed by atoms with Crippen molar-refractivity contribution in [3.63, 3.8) is 0 Å². The predicted molar refractivity (Wildman–Crippen MR) is 104 cm³/mol.